The van der Waals surface area contributed by atoms with Crippen LogP contribution in [-0.2, 0) is 19.4 Å². The lowest BCUT2D eigenvalue weighted by molar-refractivity contribution is -0.0434. The van der Waals surface area contributed by atoms with Crippen molar-refractivity contribution in [3.05, 3.63) is 60.8 Å². The van der Waals surface area contributed by atoms with Crippen LogP contribution < -0.4 is 20.0 Å². The SMILES string of the molecule is CON(OC)c1ccc(Oc2ccn(Oc3ccc(N(OC)OC)cc3)n2)cc1. The van der Waals surface area contributed by atoms with Gasteiger partial charge in [-0.2, -0.15) is 0 Å². The maximum Gasteiger partial charge on any atom is 0.241 e. The Kier molecular flexibility index (Phi) is 6.87. The smallest absolute Gasteiger partial charge is 0.241 e. The summed E-state index contributed by atoms with van der Waals surface area (Å²) in [5.41, 5.74) is 1.44. The van der Waals surface area contributed by atoms with Gasteiger partial charge in [-0.05, 0) is 48.5 Å². The van der Waals surface area contributed by atoms with E-state index in [2.05, 4.69) is 5.10 Å². The van der Waals surface area contributed by atoms with Crippen LogP contribution in [0.5, 0.6) is 17.4 Å². The van der Waals surface area contributed by atoms with Gasteiger partial charge in [-0.25, -0.2) is 0 Å². The molecule has 10 heteroatoms. The van der Waals surface area contributed by atoms with Crippen molar-refractivity contribution in [3.8, 4) is 17.4 Å². The van der Waals surface area contributed by atoms with E-state index >= 15 is 0 Å². The Morgan fingerprint density at radius 1 is 0.655 bits per heavy atom. The van der Waals surface area contributed by atoms with Gasteiger partial charge in [0.1, 0.15) is 5.75 Å². The summed E-state index contributed by atoms with van der Waals surface area (Å²) in [5, 5.41) is 6.78. The topological polar surface area (TPSA) is 79.7 Å². The molecule has 0 radical (unpaired) electrons. The maximum absolute atomic E-state index is 5.73. The number of hydrogen-bond acceptors (Lipinski definition) is 9. The standard InChI is InChI=1S/C19H22N4O6/c1-24-22(25-2)15-5-9-17(10-6-15)28-19-13-14-21(20-19)29-18-11-7-16(8-12-18)23(26-3)27-4/h5-14H,1-4H3. The molecule has 0 aliphatic carbocycles. The number of benzene rings is 2. The van der Waals surface area contributed by atoms with E-state index in [-0.39, 0.29) is 0 Å². The Labute approximate surface area is 168 Å². The Bertz CT molecular complexity index is 804. The van der Waals surface area contributed by atoms with Gasteiger partial charge in [0.2, 0.25) is 5.88 Å². The van der Waals surface area contributed by atoms with Gasteiger partial charge in [-0.3, -0.25) is 19.4 Å². The number of hydrogen-bond donors (Lipinski definition) is 0. The van der Waals surface area contributed by atoms with Gasteiger partial charge in [0.15, 0.2) is 5.75 Å². The zero-order valence-electron chi connectivity index (χ0n) is 16.5. The third-order valence-electron chi connectivity index (χ3n) is 3.72. The minimum atomic E-state index is 0.384. The van der Waals surface area contributed by atoms with Crippen LogP contribution in [0.2, 0.25) is 0 Å². The molecule has 0 saturated heterocycles. The molecule has 154 valence electrons. The van der Waals surface area contributed by atoms with Gasteiger partial charge in [-0.1, -0.05) is 9.94 Å². The van der Waals surface area contributed by atoms with Gasteiger partial charge in [0, 0.05) is 6.07 Å². The molecule has 29 heavy (non-hydrogen) atoms. The van der Waals surface area contributed by atoms with Crippen molar-refractivity contribution >= 4 is 11.4 Å². The van der Waals surface area contributed by atoms with E-state index in [0.29, 0.717) is 17.4 Å². The van der Waals surface area contributed by atoms with Crippen molar-refractivity contribution < 1.29 is 28.9 Å². The van der Waals surface area contributed by atoms with Crippen LogP contribution in [0.15, 0.2) is 60.8 Å². The van der Waals surface area contributed by atoms with Crippen molar-refractivity contribution in [2.75, 3.05) is 38.9 Å². The van der Waals surface area contributed by atoms with E-state index in [1.807, 2.05) is 0 Å². The molecule has 0 aliphatic rings. The molecule has 3 rings (SSSR count). The van der Waals surface area contributed by atoms with E-state index in [1.54, 1.807) is 60.8 Å². The van der Waals surface area contributed by atoms with Crippen LogP contribution in [0.3, 0.4) is 0 Å². The molecular weight excluding hydrogens is 380 g/mol. The van der Waals surface area contributed by atoms with E-state index in [4.69, 9.17) is 28.9 Å². The first-order valence-corrected chi connectivity index (χ1v) is 8.55. The summed E-state index contributed by atoms with van der Waals surface area (Å²) in [6.07, 6.45) is 1.64. The van der Waals surface area contributed by atoms with Gasteiger partial charge in [0.25, 0.3) is 0 Å². The molecule has 0 N–H and O–H groups in total. The maximum atomic E-state index is 5.73. The van der Waals surface area contributed by atoms with E-state index in [1.165, 1.54) is 43.7 Å². The molecule has 0 bridgehead atoms. The van der Waals surface area contributed by atoms with Crippen LogP contribution in [-0.4, -0.2) is 38.4 Å². The predicted molar refractivity (Wildman–Crippen MR) is 104 cm³/mol. The number of aromatic nitrogens is 2. The van der Waals surface area contributed by atoms with Crippen molar-refractivity contribution in [2.24, 2.45) is 0 Å². The fourth-order valence-electron chi connectivity index (χ4n) is 2.46. The number of nitrogens with zero attached hydrogens (tertiary/aromatic N) is 4. The summed E-state index contributed by atoms with van der Waals surface area (Å²) in [6.45, 7) is 0. The predicted octanol–water partition coefficient (Wildman–Crippen LogP) is 3.38. The molecule has 0 fully saturated rings. The van der Waals surface area contributed by atoms with Crippen LogP contribution in [0.25, 0.3) is 0 Å². The van der Waals surface area contributed by atoms with E-state index in [0.717, 1.165) is 11.4 Å². The van der Waals surface area contributed by atoms with E-state index in [9.17, 15) is 0 Å². The molecule has 1 heterocycles. The first-order valence-electron chi connectivity index (χ1n) is 8.55. The zero-order valence-corrected chi connectivity index (χ0v) is 16.5. The molecule has 0 aliphatic heterocycles. The lowest BCUT2D eigenvalue weighted by Crippen LogP contribution is -2.19. The summed E-state index contributed by atoms with van der Waals surface area (Å²) in [4.78, 5) is 27.2. The second kappa shape index (κ2) is 9.75. The van der Waals surface area contributed by atoms with Crippen molar-refractivity contribution in [1.82, 2.24) is 9.94 Å². The Hall–Kier alpha value is -3.31. The summed E-state index contributed by atoms with van der Waals surface area (Å²) < 4.78 is 5.73. The van der Waals surface area contributed by atoms with Crippen molar-refractivity contribution in [3.63, 3.8) is 0 Å². The molecular formula is C19H22N4O6. The average molecular weight is 402 g/mol. The van der Waals surface area contributed by atoms with Gasteiger partial charge >= 0.3 is 0 Å². The molecule has 0 atom stereocenters. The highest BCUT2D eigenvalue weighted by Crippen LogP contribution is 2.24. The Balaban J connectivity index is 1.61. The van der Waals surface area contributed by atoms with Crippen LogP contribution in [0, 0.1) is 0 Å². The lowest BCUT2D eigenvalue weighted by Gasteiger charge is -2.18. The monoisotopic (exact) mass is 402 g/mol. The van der Waals surface area contributed by atoms with Crippen molar-refractivity contribution in [2.45, 2.75) is 0 Å². The van der Waals surface area contributed by atoms with Crippen LogP contribution >= 0.6 is 0 Å². The van der Waals surface area contributed by atoms with Gasteiger partial charge < -0.3 is 9.57 Å². The summed E-state index contributed by atoms with van der Waals surface area (Å²) >= 11 is 0. The number of anilines is 2. The normalized spacial score (nSPS) is 10.6. The number of ether oxygens (including phenoxy) is 1. The molecule has 1 aromatic heterocycles. The minimum Gasteiger partial charge on any atom is -0.437 e. The summed E-state index contributed by atoms with van der Waals surface area (Å²) in [5.74, 6) is 1.57. The minimum absolute atomic E-state index is 0.384. The fourth-order valence-corrected chi connectivity index (χ4v) is 2.46. The summed E-state index contributed by atoms with van der Waals surface area (Å²) in [7, 11) is 6.05. The molecule has 3 aromatic rings. The largest absolute Gasteiger partial charge is 0.437 e. The number of rotatable bonds is 10. The molecule has 0 amide bonds. The highest BCUT2D eigenvalue weighted by atomic mass is 16.9. The second-order valence-corrected chi connectivity index (χ2v) is 5.48. The third-order valence-corrected chi connectivity index (χ3v) is 3.72. The zero-order chi connectivity index (χ0) is 20.6. The first kappa shape index (κ1) is 20.4. The Morgan fingerprint density at radius 2 is 1.14 bits per heavy atom. The molecule has 0 spiro atoms. The van der Waals surface area contributed by atoms with Crippen LogP contribution in [0.4, 0.5) is 11.4 Å². The summed E-state index contributed by atoms with van der Waals surface area (Å²) in [6, 6.07) is 15.9. The molecule has 0 unspecified atom stereocenters. The van der Waals surface area contributed by atoms with Crippen molar-refractivity contribution in [1.29, 1.82) is 0 Å². The molecule has 10 nitrogen and oxygen atoms in total. The molecule has 2 aromatic carbocycles. The second-order valence-electron chi connectivity index (χ2n) is 5.48. The first-order chi connectivity index (χ1) is 14.2. The highest BCUT2D eigenvalue weighted by Gasteiger charge is 2.08. The lowest BCUT2D eigenvalue weighted by atomic mass is 10.3. The van der Waals surface area contributed by atoms with Gasteiger partial charge in [-0.15, -0.1) is 10.5 Å². The quantitative estimate of drug-likeness (QED) is 0.474. The van der Waals surface area contributed by atoms with E-state index < -0.39 is 0 Å². The average Bonchev–Trinajstić information content (AvgIpc) is 3.19. The van der Waals surface area contributed by atoms with Gasteiger partial charge in [0.05, 0.1) is 46.0 Å². The fraction of sp³-hybridized carbons (Fsp3) is 0.211. The Morgan fingerprint density at radius 3 is 1.62 bits per heavy atom. The third kappa shape index (κ3) is 5.15. The molecule has 0 saturated carbocycles. The van der Waals surface area contributed by atoms with Crippen LogP contribution in [0.1, 0.15) is 0 Å². The highest BCUT2D eigenvalue weighted by molar-refractivity contribution is 5.46.